The summed E-state index contributed by atoms with van der Waals surface area (Å²) in [6.07, 6.45) is 0.261. The molecule has 0 aliphatic carbocycles. The van der Waals surface area contributed by atoms with Crippen LogP contribution in [0.25, 0.3) is 0 Å². The quantitative estimate of drug-likeness (QED) is 0.868. The average molecular weight is 287 g/mol. The van der Waals surface area contributed by atoms with Gasteiger partial charge in [-0.3, -0.25) is 4.90 Å². The molecule has 5 nitrogen and oxygen atoms in total. The lowest BCUT2D eigenvalue weighted by molar-refractivity contribution is -0.0918. The van der Waals surface area contributed by atoms with Gasteiger partial charge in [0.05, 0.1) is 18.2 Å². The summed E-state index contributed by atoms with van der Waals surface area (Å²) in [4.78, 5) is 2.35. The van der Waals surface area contributed by atoms with E-state index in [4.69, 9.17) is 9.15 Å². The molecule has 1 aliphatic heterocycles. The summed E-state index contributed by atoms with van der Waals surface area (Å²) in [6.45, 7) is 7.72. The first-order valence-electron chi connectivity index (χ1n) is 7.38. The minimum Gasteiger partial charge on any atom is -0.424 e. The average Bonchev–Trinajstić information content (AvgIpc) is 2.93. The van der Waals surface area contributed by atoms with Crippen LogP contribution in [0.4, 0.5) is 0 Å². The number of ether oxygens (including phenoxy) is 1. The van der Waals surface area contributed by atoms with Crippen LogP contribution in [0.3, 0.4) is 0 Å². The molecular weight excluding hydrogens is 266 g/mol. The van der Waals surface area contributed by atoms with Gasteiger partial charge in [-0.1, -0.05) is 30.3 Å². The minimum atomic E-state index is 0.0846. The van der Waals surface area contributed by atoms with Gasteiger partial charge in [0.15, 0.2) is 0 Å². The van der Waals surface area contributed by atoms with Gasteiger partial charge in [-0.25, -0.2) is 0 Å². The van der Waals surface area contributed by atoms with E-state index < -0.39 is 0 Å². The van der Waals surface area contributed by atoms with Gasteiger partial charge in [0.25, 0.3) is 0 Å². The Labute approximate surface area is 124 Å². The highest BCUT2D eigenvalue weighted by atomic mass is 16.5. The molecule has 1 aromatic carbocycles. The summed E-state index contributed by atoms with van der Waals surface area (Å²) in [5, 5.41) is 8.07. The third-order valence-electron chi connectivity index (χ3n) is 3.91. The van der Waals surface area contributed by atoms with Crippen LogP contribution in [0.1, 0.15) is 43.3 Å². The van der Waals surface area contributed by atoms with Crippen molar-refractivity contribution in [2.24, 2.45) is 0 Å². The van der Waals surface area contributed by atoms with Crippen LogP contribution < -0.4 is 0 Å². The monoisotopic (exact) mass is 287 g/mol. The second-order valence-corrected chi connectivity index (χ2v) is 5.64. The van der Waals surface area contributed by atoms with Crippen molar-refractivity contribution in [1.82, 2.24) is 15.1 Å². The number of aromatic nitrogens is 2. The molecule has 0 saturated carbocycles. The Morgan fingerprint density at radius 2 is 1.95 bits per heavy atom. The van der Waals surface area contributed by atoms with E-state index in [2.05, 4.69) is 41.1 Å². The third-order valence-corrected chi connectivity index (χ3v) is 3.91. The predicted molar refractivity (Wildman–Crippen MR) is 78.8 cm³/mol. The van der Waals surface area contributed by atoms with Gasteiger partial charge in [0.1, 0.15) is 0 Å². The molecule has 2 heterocycles. The number of hydrogen-bond donors (Lipinski definition) is 0. The third kappa shape index (κ3) is 3.14. The molecule has 3 rings (SSSR count). The molecule has 112 valence electrons. The highest BCUT2D eigenvalue weighted by molar-refractivity contribution is 5.18. The Balaban J connectivity index is 1.77. The van der Waals surface area contributed by atoms with Crippen LogP contribution in [0, 0.1) is 6.92 Å². The Bertz CT molecular complexity index is 584. The maximum absolute atomic E-state index is 6.09. The van der Waals surface area contributed by atoms with Crippen molar-refractivity contribution in [1.29, 1.82) is 0 Å². The predicted octanol–water partition coefficient (Wildman–Crippen LogP) is 2.90. The van der Waals surface area contributed by atoms with Crippen molar-refractivity contribution in [2.75, 3.05) is 13.1 Å². The van der Waals surface area contributed by atoms with Gasteiger partial charge in [-0.05, 0) is 19.4 Å². The van der Waals surface area contributed by atoms with Crippen LogP contribution in [0.2, 0.25) is 0 Å². The summed E-state index contributed by atoms with van der Waals surface area (Å²) in [5.41, 5.74) is 1.21. The van der Waals surface area contributed by atoms with Crippen molar-refractivity contribution in [3.8, 4) is 0 Å². The van der Waals surface area contributed by atoms with Gasteiger partial charge in [0.2, 0.25) is 11.8 Å². The van der Waals surface area contributed by atoms with Crippen molar-refractivity contribution in [3.63, 3.8) is 0 Å². The fourth-order valence-corrected chi connectivity index (χ4v) is 2.79. The number of morpholine rings is 1. The molecule has 0 radical (unpaired) electrons. The lowest BCUT2D eigenvalue weighted by Gasteiger charge is -2.39. The number of benzene rings is 1. The normalized spacial score (nSPS) is 24.9. The van der Waals surface area contributed by atoms with E-state index in [-0.39, 0.29) is 18.2 Å². The zero-order chi connectivity index (χ0) is 14.8. The van der Waals surface area contributed by atoms with E-state index in [0.717, 1.165) is 13.1 Å². The smallest absolute Gasteiger partial charge is 0.233 e. The summed E-state index contributed by atoms with van der Waals surface area (Å²) < 4.78 is 11.7. The van der Waals surface area contributed by atoms with Gasteiger partial charge < -0.3 is 9.15 Å². The van der Waals surface area contributed by atoms with Crippen molar-refractivity contribution in [3.05, 3.63) is 47.7 Å². The highest BCUT2D eigenvalue weighted by Crippen LogP contribution is 2.30. The second kappa shape index (κ2) is 5.95. The maximum atomic E-state index is 6.09. The maximum Gasteiger partial charge on any atom is 0.233 e. The Hall–Kier alpha value is -1.72. The molecule has 0 amide bonds. The van der Waals surface area contributed by atoms with E-state index in [1.54, 1.807) is 0 Å². The van der Waals surface area contributed by atoms with E-state index in [0.29, 0.717) is 11.8 Å². The lowest BCUT2D eigenvalue weighted by Crippen LogP contribution is -2.44. The molecule has 0 N–H and O–H groups in total. The molecule has 3 atom stereocenters. The molecule has 0 spiro atoms. The van der Waals surface area contributed by atoms with Gasteiger partial charge >= 0.3 is 0 Å². The zero-order valence-electron chi connectivity index (χ0n) is 12.7. The lowest BCUT2D eigenvalue weighted by atomic mass is 10.1. The first-order chi connectivity index (χ1) is 10.1. The molecular formula is C16H21N3O2. The number of rotatable bonds is 3. The molecule has 2 aromatic rings. The van der Waals surface area contributed by atoms with Crippen LogP contribution in [0.15, 0.2) is 34.7 Å². The number of aryl methyl sites for hydroxylation is 1. The van der Waals surface area contributed by atoms with Crippen molar-refractivity contribution < 1.29 is 9.15 Å². The largest absolute Gasteiger partial charge is 0.424 e. The van der Waals surface area contributed by atoms with Crippen LogP contribution in [0.5, 0.6) is 0 Å². The standard InChI is InChI=1S/C16H21N3O2/c1-11-9-19(12(2)16-18-17-13(3)21-16)10-15(20-11)14-7-5-4-6-8-14/h4-8,11-12,15H,9-10H2,1-3H3/t11-,12+,15+/m1/s1. The highest BCUT2D eigenvalue weighted by Gasteiger charge is 2.31. The fourth-order valence-electron chi connectivity index (χ4n) is 2.79. The summed E-state index contributed by atoms with van der Waals surface area (Å²) in [7, 11) is 0. The first kappa shape index (κ1) is 14.2. The molecule has 0 bridgehead atoms. The molecule has 0 unspecified atom stereocenters. The molecule has 1 fully saturated rings. The topological polar surface area (TPSA) is 51.4 Å². The Morgan fingerprint density at radius 3 is 2.62 bits per heavy atom. The molecule has 21 heavy (non-hydrogen) atoms. The van der Waals surface area contributed by atoms with Crippen LogP contribution in [-0.4, -0.2) is 34.3 Å². The zero-order valence-corrected chi connectivity index (χ0v) is 12.7. The summed E-state index contributed by atoms with van der Waals surface area (Å²) in [6, 6.07) is 10.5. The second-order valence-electron chi connectivity index (χ2n) is 5.64. The molecule has 1 aliphatic rings. The Kier molecular flexibility index (Phi) is 4.03. The van der Waals surface area contributed by atoms with Gasteiger partial charge in [-0.15, -0.1) is 10.2 Å². The van der Waals surface area contributed by atoms with E-state index in [1.807, 2.05) is 25.1 Å². The van der Waals surface area contributed by atoms with Crippen molar-refractivity contribution in [2.45, 2.75) is 39.0 Å². The molecule has 1 aromatic heterocycles. The van der Waals surface area contributed by atoms with Crippen LogP contribution >= 0.6 is 0 Å². The first-order valence-corrected chi connectivity index (χ1v) is 7.38. The van der Waals surface area contributed by atoms with Crippen LogP contribution in [-0.2, 0) is 4.74 Å². The number of hydrogen-bond acceptors (Lipinski definition) is 5. The molecule has 5 heteroatoms. The summed E-state index contributed by atoms with van der Waals surface area (Å²) >= 11 is 0. The van der Waals surface area contributed by atoms with E-state index in [9.17, 15) is 0 Å². The van der Waals surface area contributed by atoms with Crippen molar-refractivity contribution >= 4 is 0 Å². The van der Waals surface area contributed by atoms with E-state index in [1.165, 1.54) is 5.56 Å². The van der Waals surface area contributed by atoms with E-state index >= 15 is 0 Å². The minimum absolute atomic E-state index is 0.0846. The summed E-state index contributed by atoms with van der Waals surface area (Å²) in [5.74, 6) is 1.28. The van der Waals surface area contributed by atoms with Gasteiger partial charge in [0, 0.05) is 20.0 Å². The fraction of sp³-hybridized carbons (Fsp3) is 0.500. The number of nitrogens with zero attached hydrogens (tertiary/aromatic N) is 3. The van der Waals surface area contributed by atoms with Gasteiger partial charge in [-0.2, -0.15) is 0 Å². The SMILES string of the molecule is Cc1nnc([C@H](C)N2C[C@@H](C)O[C@H](c3ccccc3)C2)o1. The Morgan fingerprint density at radius 1 is 1.19 bits per heavy atom. The molecule has 1 saturated heterocycles.